The van der Waals surface area contributed by atoms with Crippen LogP contribution < -0.4 is 0 Å². The first-order valence-electron chi connectivity index (χ1n) is 9.39. The van der Waals surface area contributed by atoms with Gasteiger partial charge in [0.1, 0.15) is 17.5 Å². The molecule has 0 saturated carbocycles. The molecule has 2 aromatic carbocycles. The van der Waals surface area contributed by atoms with Crippen LogP contribution in [0.3, 0.4) is 0 Å². The molecule has 1 unspecified atom stereocenters. The Morgan fingerprint density at radius 3 is 2.67 bits per heavy atom. The average Bonchev–Trinajstić information content (AvgIpc) is 3.29. The van der Waals surface area contributed by atoms with Gasteiger partial charge in [0, 0.05) is 23.1 Å². The number of ether oxygens (including phenoxy) is 4. The Labute approximate surface area is 180 Å². The summed E-state index contributed by atoms with van der Waals surface area (Å²) in [6, 6.07) is 12.4. The van der Waals surface area contributed by atoms with Crippen molar-refractivity contribution in [2.75, 3.05) is 13.2 Å². The standard InChI is InChI=1S/C21H20BrFO7/c22-15-7-2-1-6-14(15)19-27-16-17(28-19)21(11-25,8-9-24)30-20(16)29-18(26)12-4-3-5-13(23)10-12/h1-7,10,16-17,19-20,24-25H,8-9,11H2/t16-,17+,19?,20+,21+/m1/s1. The number of hydrogen-bond acceptors (Lipinski definition) is 7. The number of halogens is 2. The minimum atomic E-state index is -1.32. The number of benzene rings is 2. The molecule has 4 rings (SSSR count). The van der Waals surface area contributed by atoms with Gasteiger partial charge in [0.15, 0.2) is 12.4 Å². The van der Waals surface area contributed by atoms with Crippen molar-refractivity contribution in [3.05, 3.63) is 69.9 Å². The van der Waals surface area contributed by atoms with Gasteiger partial charge in [0.05, 0.1) is 12.2 Å². The lowest BCUT2D eigenvalue weighted by atomic mass is 9.93. The summed E-state index contributed by atoms with van der Waals surface area (Å²) in [5.74, 6) is -1.38. The molecule has 2 aliphatic heterocycles. The smallest absolute Gasteiger partial charge is 0.340 e. The van der Waals surface area contributed by atoms with Crippen molar-refractivity contribution >= 4 is 21.9 Å². The van der Waals surface area contributed by atoms with Crippen LogP contribution in [0.25, 0.3) is 0 Å². The highest BCUT2D eigenvalue weighted by atomic mass is 79.9. The molecule has 0 radical (unpaired) electrons. The minimum Gasteiger partial charge on any atom is -0.429 e. The first-order chi connectivity index (χ1) is 14.5. The van der Waals surface area contributed by atoms with Crippen LogP contribution in [0.5, 0.6) is 0 Å². The van der Waals surface area contributed by atoms with Crippen LogP contribution in [0.2, 0.25) is 0 Å². The van der Waals surface area contributed by atoms with Gasteiger partial charge in [0.25, 0.3) is 0 Å². The van der Waals surface area contributed by atoms with Crippen molar-refractivity contribution in [3.63, 3.8) is 0 Å². The van der Waals surface area contributed by atoms with Crippen molar-refractivity contribution in [3.8, 4) is 0 Å². The zero-order chi connectivity index (χ0) is 21.3. The summed E-state index contributed by atoms with van der Waals surface area (Å²) in [5.41, 5.74) is -0.583. The fourth-order valence-corrected chi connectivity index (χ4v) is 4.21. The van der Waals surface area contributed by atoms with E-state index in [4.69, 9.17) is 18.9 Å². The largest absolute Gasteiger partial charge is 0.429 e. The van der Waals surface area contributed by atoms with E-state index in [2.05, 4.69) is 15.9 Å². The molecule has 2 saturated heterocycles. The zero-order valence-corrected chi connectivity index (χ0v) is 17.3. The second-order valence-corrected chi connectivity index (χ2v) is 7.96. The molecule has 2 aliphatic rings. The molecule has 2 aromatic rings. The van der Waals surface area contributed by atoms with Crippen LogP contribution >= 0.6 is 15.9 Å². The van der Waals surface area contributed by atoms with Gasteiger partial charge in [-0.05, 0) is 24.3 Å². The molecule has 0 amide bonds. The number of fused-ring (bicyclic) bond motifs is 1. The predicted octanol–water partition coefficient (Wildman–Crippen LogP) is 2.70. The molecule has 7 nitrogen and oxygen atoms in total. The van der Waals surface area contributed by atoms with E-state index >= 15 is 0 Å². The Morgan fingerprint density at radius 2 is 1.97 bits per heavy atom. The first-order valence-corrected chi connectivity index (χ1v) is 10.2. The molecule has 160 valence electrons. The highest BCUT2D eigenvalue weighted by Crippen LogP contribution is 2.47. The third-order valence-electron chi connectivity index (χ3n) is 5.23. The third-order valence-corrected chi connectivity index (χ3v) is 5.95. The first kappa shape index (κ1) is 21.4. The van der Waals surface area contributed by atoms with Gasteiger partial charge in [-0.1, -0.05) is 40.2 Å². The number of aliphatic hydroxyl groups excluding tert-OH is 2. The monoisotopic (exact) mass is 482 g/mol. The maximum atomic E-state index is 13.5. The summed E-state index contributed by atoms with van der Waals surface area (Å²) < 4.78 is 37.6. The quantitative estimate of drug-likeness (QED) is 0.611. The Balaban J connectivity index is 1.60. The van der Waals surface area contributed by atoms with Crippen LogP contribution in [0.15, 0.2) is 53.0 Å². The normalized spacial score (nSPS) is 30.3. The number of esters is 1. The lowest BCUT2D eigenvalue weighted by Gasteiger charge is -2.31. The second-order valence-electron chi connectivity index (χ2n) is 7.11. The van der Waals surface area contributed by atoms with Gasteiger partial charge >= 0.3 is 5.97 Å². The average molecular weight is 483 g/mol. The van der Waals surface area contributed by atoms with E-state index in [0.29, 0.717) is 0 Å². The van der Waals surface area contributed by atoms with E-state index in [9.17, 15) is 19.4 Å². The number of rotatable bonds is 6. The van der Waals surface area contributed by atoms with E-state index in [1.165, 1.54) is 18.2 Å². The molecule has 2 N–H and O–H groups in total. The summed E-state index contributed by atoms with van der Waals surface area (Å²) in [5, 5.41) is 19.5. The van der Waals surface area contributed by atoms with Gasteiger partial charge < -0.3 is 29.2 Å². The van der Waals surface area contributed by atoms with Crippen LogP contribution in [0, 0.1) is 5.82 Å². The lowest BCUT2D eigenvalue weighted by Crippen LogP contribution is -2.46. The van der Waals surface area contributed by atoms with E-state index < -0.39 is 48.8 Å². The maximum Gasteiger partial charge on any atom is 0.340 e. The van der Waals surface area contributed by atoms with Crippen molar-refractivity contribution in [2.45, 2.75) is 36.8 Å². The Bertz CT molecular complexity index is 926. The Kier molecular flexibility index (Phi) is 6.19. The van der Waals surface area contributed by atoms with Crippen molar-refractivity contribution in [2.24, 2.45) is 0 Å². The van der Waals surface area contributed by atoms with Crippen LogP contribution in [-0.2, 0) is 18.9 Å². The second kappa shape index (κ2) is 8.70. The van der Waals surface area contributed by atoms with E-state index in [1.807, 2.05) is 24.3 Å². The molecule has 0 aliphatic carbocycles. The summed E-state index contributed by atoms with van der Waals surface area (Å²) in [7, 11) is 0. The summed E-state index contributed by atoms with van der Waals surface area (Å²) >= 11 is 3.45. The number of carbonyl (C=O) groups excluding carboxylic acids is 1. The lowest BCUT2D eigenvalue weighted by molar-refractivity contribution is -0.228. The van der Waals surface area contributed by atoms with Crippen molar-refractivity contribution in [1.29, 1.82) is 0 Å². The fraction of sp³-hybridized carbons (Fsp3) is 0.381. The van der Waals surface area contributed by atoms with Gasteiger partial charge in [0.2, 0.25) is 6.29 Å². The summed E-state index contributed by atoms with van der Waals surface area (Å²) in [4.78, 5) is 12.5. The van der Waals surface area contributed by atoms with Gasteiger partial charge in [-0.15, -0.1) is 0 Å². The molecule has 2 fully saturated rings. The van der Waals surface area contributed by atoms with Gasteiger partial charge in [-0.3, -0.25) is 0 Å². The molecule has 30 heavy (non-hydrogen) atoms. The molecular formula is C21H20BrFO7. The fourth-order valence-electron chi connectivity index (χ4n) is 3.74. The SMILES string of the molecule is O=C(O[C@H]1O[C@](CO)(CCO)[C@H]2OC(c3ccccc3Br)O[C@@H]12)c1cccc(F)c1. The van der Waals surface area contributed by atoms with Gasteiger partial charge in [-0.2, -0.15) is 0 Å². The predicted molar refractivity (Wildman–Crippen MR) is 105 cm³/mol. The van der Waals surface area contributed by atoms with Crippen molar-refractivity contribution < 1.29 is 38.3 Å². The molecule has 0 spiro atoms. The summed E-state index contributed by atoms with van der Waals surface area (Å²) in [6.07, 6.45) is -3.60. The molecular weight excluding hydrogens is 463 g/mol. The molecule has 0 aromatic heterocycles. The van der Waals surface area contributed by atoms with Crippen LogP contribution in [0.4, 0.5) is 4.39 Å². The minimum absolute atomic E-state index is 0.0140. The molecule has 2 heterocycles. The molecule has 5 atom stereocenters. The highest BCUT2D eigenvalue weighted by molar-refractivity contribution is 9.10. The van der Waals surface area contributed by atoms with E-state index in [1.54, 1.807) is 0 Å². The number of hydrogen-bond donors (Lipinski definition) is 2. The van der Waals surface area contributed by atoms with Gasteiger partial charge in [-0.25, -0.2) is 9.18 Å². The van der Waals surface area contributed by atoms with Crippen LogP contribution in [-0.4, -0.2) is 53.5 Å². The Morgan fingerprint density at radius 1 is 1.17 bits per heavy atom. The van der Waals surface area contributed by atoms with Crippen molar-refractivity contribution in [1.82, 2.24) is 0 Å². The van der Waals surface area contributed by atoms with E-state index in [-0.39, 0.29) is 18.6 Å². The Hall–Kier alpha value is -1.88. The summed E-state index contributed by atoms with van der Waals surface area (Å²) in [6.45, 7) is -0.758. The maximum absolute atomic E-state index is 13.5. The third kappa shape index (κ3) is 3.89. The number of carbonyl (C=O) groups is 1. The topological polar surface area (TPSA) is 94.5 Å². The van der Waals surface area contributed by atoms with Crippen LogP contribution in [0.1, 0.15) is 28.6 Å². The number of aliphatic hydroxyl groups is 2. The zero-order valence-electron chi connectivity index (χ0n) is 15.7. The molecule has 9 heteroatoms. The highest BCUT2D eigenvalue weighted by Gasteiger charge is 2.62. The van der Waals surface area contributed by atoms with E-state index in [0.717, 1.165) is 16.1 Å². The molecule has 0 bridgehead atoms.